The first kappa shape index (κ1) is 13.0. The van der Waals surface area contributed by atoms with Crippen molar-refractivity contribution in [3.8, 4) is 5.75 Å². The summed E-state index contributed by atoms with van der Waals surface area (Å²) < 4.78 is 10.7. The standard InChI is InChI=1S/C13H16Cl2O2/c1-8-10(5-6-17-8)13(15)9-3-4-12(16-2)11(14)7-9/h3-4,7-8,10,13H,5-6H2,1-2H3. The molecule has 1 aliphatic heterocycles. The molecule has 1 saturated heterocycles. The lowest BCUT2D eigenvalue weighted by molar-refractivity contribution is 0.105. The molecule has 0 aromatic heterocycles. The van der Waals surface area contributed by atoms with Crippen molar-refractivity contribution in [1.29, 1.82) is 0 Å². The minimum absolute atomic E-state index is 0.0593. The Labute approximate surface area is 112 Å². The van der Waals surface area contributed by atoms with E-state index in [9.17, 15) is 0 Å². The van der Waals surface area contributed by atoms with Gasteiger partial charge < -0.3 is 9.47 Å². The zero-order valence-electron chi connectivity index (χ0n) is 9.95. The number of rotatable bonds is 3. The summed E-state index contributed by atoms with van der Waals surface area (Å²) in [6, 6.07) is 5.70. The predicted octanol–water partition coefficient (Wildman–Crippen LogP) is 4.05. The first-order chi connectivity index (χ1) is 8.13. The summed E-state index contributed by atoms with van der Waals surface area (Å²) in [6.45, 7) is 2.86. The fourth-order valence-corrected chi connectivity index (χ4v) is 2.97. The molecule has 1 aliphatic rings. The number of hydrogen-bond acceptors (Lipinski definition) is 2. The molecule has 1 aromatic rings. The van der Waals surface area contributed by atoms with Crippen LogP contribution in [0.1, 0.15) is 24.3 Å². The minimum Gasteiger partial charge on any atom is -0.495 e. The first-order valence-corrected chi connectivity index (χ1v) is 6.54. The molecule has 1 heterocycles. The second-order valence-electron chi connectivity index (χ2n) is 4.32. The number of halogens is 2. The number of alkyl halides is 1. The third kappa shape index (κ3) is 2.70. The average Bonchev–Trinajstić information content (AvgIpc) is 2.74. The molecule has 0 N–H and O–H groups in total. The van der Waals surface area contributed by atoms with Crippen molar-refractivity contribution in [3.63, 3.8) is 0 Å². The summed E-state index contributed by atoms with van der Waals surface area (Å²) in [6.07, 6.45) is 1.21. The molecular weight excluding hydrogens is 259 g/mol. The predicted molar refractivity (Wildman–Crippen MR) is 70.1 cm³/mol. The fraction of sp³-hybridized carbons (Fsp3) is 0.538. The second-order valence-corrected chi connectivity index (χ2v) is 5.20. The lowest BCUT2D eigenvalue weighted by atomic mass is 9.93. The van der Waals surface area contributed by atoms with E-state index >= 15 is 0 Å². The quantitative estimate of drug-likeness (QED) is 0.775. The van der Waals surface area contributed by atoms with Crippen LogP contribution in [0.15, 0.2) is 18.2 Å². The summed E-state index contributed by atoms with van der Waals surface area (Å²) in [4.78, 5) is 0. The Kier molecular flexibility index (Phi) is 4.18. The molecule has 0 amide bonds. The van der Waals surface area contributed by atoms with Crippen LogP contribution >= 0.6 is 23.2 Å². The maximum atomic E-state index is 6.50. The highest BCUT2D eigenvalue weighted by molar-refractivity contribution is 6.32. The van der Waals surface area contributed by atoms with Gasteiger partial charge in [-0.15, -0.1) is 11.6 Å². The van der Waals surface area contributed by atoms with E-state index in [1.165, 1.54) is 0 Å². The van der Waals surface area contributed by atoms with Gasteiger partial charge in [0, 0.05) is 12.5 Å². The summed E-state index contributed by atoms with van der Waals surface area (Å²) in [5.74, 6) is 1.02. The molecular formula is C13H16Cl2O2. The Morgan fingerprint density at radius 1 is 1.47 bits per heavy atom. The largest absolute Gasteiger partial charge is 0.495 e. The normalized spacial score (nSPS) is 25.9. The van der Waals surface area contributed by atoms with Crippen LogP contribution in [0.4, 0.5) is 0 Å². The smallest absolute Gasteiger partial charge is 0.137 e. The van der Waals surface area contributed by atoms with E-state index in [0.717, 1.165) is 18.6 Å². The first-order valence-electron chi connectivity index (χ1n) is 5.72. The summed E-state index contributed by atoms with van der Waals surface area (Å²) in [5, 5.41) is 0.540. The van der Waals surface area contributed by atoms with Crippen LogP contribution in [0.3, 0.4) is 0 Å². The van der Waals surface area contributed by atoms with Crippen molar-refractivity contribution >= 4 is 23.2 Å². The Hall–Kier alpha value is -0.440. The van der Waals surface area contributed by atoms with E-state index < -0.39 is 0 Å². The average molecular weight is 275 g/mol. The van der Waals surface area contributed by atoms with E-state index in [1.54, 1.807) is 7.11 Å². The Balaban J connectivity index is 2.19. The van der Waals surface area contributed by atoms with Crippen LogP contribution in [0.2, 0.25) is 5.02 Å². The molecule has 4 heteroatoms. The Morgan fingerprint density at radius 3 is 2.76 bits per heavy atom. The summed E-state index contributed by atoms with van der Waals surface area (Å²) >= 11 is 12.6. The number of ether oxygens (including phenoxy) is 2. The van der Waals surface area contributed by atoms with Gasteiger partial charge in [-0.1, -0.05) is 17.7 Å². The maximum absolute atomic E-state index is 6.50. The molecule has 94 valence electrons. The molecule has 1 fully saturated rings. The molecule has 1 aromatic carbocycles. The van der Waals surface area contributed by atoms with Crippen molar-refractivity contribution in [1.82, 2.24) is 0 Å². The number of methoxy groups -OCH3 is 1. The van der Waals surface area contributed by atoms with Gasteiger partial charge in [0.1, 0.15) is 5.75 Å². The van der Waals surface area contributed by atoms with Crippen LogP contribution in [-0.2, 0) is 4.74 Å². The third-order valence-electron chi connectivity index (χ3n) is 3.31. The van der Waals surface area contributed by atoms with Gasteiger partial charge in [-0.3, -0.25) is 0 Å². The van der Waals surface area contributed by atoms with Crippen LogP contribution in [-0.4, -0.2) is 19.8 Å². The lowest BCUT2D eigenvalue weighted by Gasteiger charge is -2.21. The Bertz CT molecular complexity index is 395. The SMILES string of the molecule is COc1ccc(C(Cl)C2CCOC2C)cc1Cl. The molecule has 0 aliphatic carbocycles. The van der Waals surface area contributed by atoms with Crippen LogP contribution < -0.4 is 4.74 Å². The summed E-state index contributed by atoms with van der Waals surface area (Å²) in [7, 11) is 1.60. The molecule has 0 saturated carbocycles. The molecule has 3 atom stereocenters. The lowest BCUT2D eigenvalue weighted by Crippen LogP contribution is -2.16. The van der Waals surface area contributed by atoms with Gasteiger partial charge in [0.05, 0.1) is 23.6 Å². The molecule has 0 radical (unpaired) electrons. The van der Waals surface area contributed by atoms with Gasteiger partial charge in [-0.05, 0) is 31.0 Å². The van der Waals surface area contributed by atoms with Crippen molar-refractivity contribution in [2.45, 2.75) is 24.8 Å². The third-order valence-corrected chi connectivity index (χ3v) is 4.18. The molecule has 0 spiro atoms. The van der Waals surface area contributed by atoms with E-state index in [0.29, 0.717) is 16.7 Å². The van der Waals surface area contributed by atoms with Gasteiger partial charge >= 0.3 is 0 Å². The van der Waals surface area contributed by atoms with Gasteiger partial charge in [0.15, 0.2) is 0 Å². The van der Waals surface area contributed by atoms with Gasteiger partial charge in [-0.2, -0.15) is 0 Å². The van der Waals surface area contributed by atoms with Crippen molar-refractivity contribution in [2.24, 2.45) is 5.92 Å². The highest BCUT2D eigenvalue weighted by Gasteiger charge is 2.31. The summed E-state index contributed by atoms with van der Waals surface area (Å²) in [5.41, 5.74) is 1.03. The van der Waals surface area contributed by atoms with E-state index in [2.05, 4.69) is 6.92 Å². The molecule has 3 unspecified atom stereocenters. The van der Waals surface area contributed by atoms with Gasteiger partial charge in [0.2, 0.25) is 0 Å². The Morgan fingerprint density at radius 2 is 2.24 bits per heavy atom. The zero-order valence-corrected chi connectivity index (χ0v) is 11.5. The highest BCUT2D eigenvalue weighted by atomic mass is 35.5. The van der Waals surface area contributed by atoms with E-state index in [-0.39, 0.29) is 11.5 Å². The van der Waals surface area contributed by atoms with Crippen molar-refractivity contribution in [3.05, 3.63) is 28.8 Å². The van der Waals surface area contributed by atoms with Gasteiger partial charge in [-0.25, -0.2) is 0 Å². The van der Waals surface area contributed by atoms with E-state index in [1.807, 2.05) is 18.2 Å². The zero-order chi connectivity index (χ0) is 12.4. The monoisotopic (exact) mass is 274 g/mol. The number of benzene rings is 1. The van der Waals surface area contributed by atoms with Gasteiger partial charge in [0.25, 0.3) is 0 Å². The van der Waals surface area contributed by atoms with E-state index in [4.69, 9.17) is 32.7 Å². The van der Waals surface area contributed by atoms with Crippen molar-refractivity contribution < 1.29 is 9.47 Å². The maximum Gasteiger partial charge on any atom is 0.137 e. The van der Waals surface area contributed by atoms with Crippen LogP contribution in [0, 0.1) is 5.92 Å². The van der Waals surface area contributed by atoms with Crippen molar-refractivity contribution in [2.75, 3.05) is 13.7 Å². The van der Waals surface area contributed by atoms with Crippen LogP contribution in [0.25, 0.3) is 0 Å². The molecule has 17 heavy (non-hydrogen) atoms. The second kappa shape index (κ2) is 5.47. The highest BCUT2D eigenvalue weighted by Crippen LogP contribution is 2.39. The molecule has 2 rings (SSSR count). The topological polar surface area (TPSA) is 18.5 Å². The number of hydrogen-bond donors (Lipinski definition) is 0. The minimum atomic E-state index is -0.0593. The van der Waals surface area contributed by atoms with Crippen LogP contribution in [0.5, 0.6) is 5.75 Å². The molecule has 0 bridgehead atoms. The fourth-order valence-electron chi connectivity index (χ4n) is 2.23. The molecule has 2 nitrogen and oxygen atoms in total.